The summed E-state index contributed by atoms with van der Waals surface area (Å²) >= 11 is 3.46. The molecule has 5 rings (SSSR count). The van der Waals surface area contributed by atoms with Crippen LogP contribution in [0.4, 0.5) is 0 Å². The summed E-state index contributed by atoms with van der Waals surface area (Å²) in [7, 11) is 1.53. The third-order valence-corrected chi connectivity index (χ3v) is 7.24. The van der Waals surface area contributed by atoms with Gasteiger partial charge < -0.3 is 23.2 Å². The number of hydrazone groups is 1. The molecule has 222 valence electrons. The van der Waals surface area contributed by atoms with Crippen LogP contribution in [0.2, 0.25) is 0 Å². The van der Waals surface area contributed by atoms with Crippen molar-refractivity contribution in [3.63, 3.8) is 0 Å². The smallest absolute Gasteiger partial charge is 0.307 e. The Labute approximate surface area is 263 Å². The van der Waals surface area contributed by atoms with Crippen molar-refractivity contribution in [2.24, 2.45) is 5.10 Å². The first-order valence-corrected chi connectivity index (χ1v) is 14.4. The minimum absolute atomic E-state index is 0.0889. The first kappa shape index (κ1) is 30.2. The number of furan rings is 1. The number of aryl methyl sites for hydroxylation is 2. The SMILES string of the molecule is COc1cc(Br)cc(C=NNC(=O)c2ccc(COc3ccc(-n4c(C)ccc4C)cc3)o2)c1OCc1ccccc1C#N. The molecule has 0 bridgehead atoms. The second kappa shape index (κ2) is 13.8. The lowest BCUT2D eigenvalue weighted by Crippen LogP contribution is -2.17. The van der Waals surface area contributed by atoms with E-state index in [0.717, 1.165) is 27.1 Å². The highest BCUT2D eigenvalue weighted by Gasteiger charge is 2.15. The van der Waals surface area contributed by atoms with E-state index < -0.39 is 5.91 Å². The van der Waals surface area contributed by atoms with Crippen molar-refractivity contribution in [2.75, 3.05) is 7.11 Å². The van der Waals surface area contributed by atoms with Gasteiger partial charge in [-0.2, -0.15) is 10.4 Å². The van der Waals surface area contributed by atoms with Gasteiger partial charge in [0.05, 0.1) is 25.0 Å². The number of carbonyl (C=O) groups is 1. The lowest BCUT2D eigenvalue weighted by Gasteiger charge is -2.14. The molecule has 3 aromatic carbocycles. The van der Waals surface area contributed by atoms with Gasteiger partial charge in [-0.25, -0.2) is 5.43 Å². The van der Waals surface area contributed by atoms with E-state index in [1.54, 1.807) is 36.4 Å². The summed E-state index contributed by atoms with van der Waals surface area (Å²) in [5.74, 6) is 1.60. The third kappa shape index (κ3) is 7.02. The molecule has 1 N–H and O–H groups in total. The third-order valence-electron chi connectivity index (χ3n) is 6.78. The van der Waals surface area contributed by atoms with Crippen LogP contribution in [-0.4, -0.2) is 23.8 Å². The van der Waals surface area contributed by atoms with E-state index in [0.29, 0.717) is 34.1 Å². The molecule has 0 aliphatic rings. The molecule has 0 atom stereocenters. The molecule has 0 spiro atoms. The molecule has 0 unspecified atom stereocenters. The van der Waals surface area contributed by atoms with Gasteiger partial charge in [0.15, 0.2) is 17.3 Å². The van der Waals surface area contributed by atoms with Gasteiger partial charge >= 0.3 is 5.91 Å². The van der Waals surface area contributed by atoms with E-state index in [1.165, 1.54) is 13.3 Å². The normalized spacial score (nSPS) is 10.9. The zero-order valence-corrected chi connectivity index (χ0v) is 25.9. The number of hydrogen-bond acceptors (Lipinski definition) is 7. The second-order valence-electron chi connectivity index (χ2n) is 9.78. The van der Waals surface area contributed by atoms with E-state index in [1.807, 2.05) is 36.4 Å². The molecule has 1 amide bonds. The van der Waals surface area contributed by atoms with Crippen LogP contribution in [0.15, 0.2) is 98.9 Å². The molecule has 0 aliphatic heterocycles. The van der Waals surface area contributed by atoms with Crippen molar-refractivity contribution < 1.29 is 23.4 Å². The molecule has 0 fully saturated rings. The average molecular weight is 654 g/mol. The van der Waals surface area contributed by atoms with Gasteiger partial charge in [0.25, 0.3) is 0 Å². The maximum Gasteiger partial charge on any atom is 0.307 e. The van der Waals surface area contributed by atoms with Gasteiger partial charge in [0.1, 0.15) is 24.7 Å². The molecule has 2 heterocycles. The summed E-state index contributed by atoms with van der Waals surface area (Å²) in [6.45, 7) is 4.43. The topological polar surface area (TPSA) is 111 Å². The number of amides is 1. The Morgan fingerprint density at radius 1 is 1.00 bits per heavy atom. The summed E-state index contributed by atoms with van der Waals surface area (Å²) in [5, 5.41) is 13.5. The largest absolute Gasteiger partial charge is 0.493 e. The first-order valence-electron chi connectivity index (χ1n) is 13.6. The summed E-state index contributed by atoms with van der Waals surface area (Å²) in [6.07, 6.45) is 1.45. The van der Waals surface area contributed by atoms with Crippen molar-refractivity contribution in [1.29, 1.82) is 5.26 Å². The number of benzene rings is 3. The Bertz CT molecular complexity index is 1830. The minimum atomic E-state index is -0.526. The number of methoxy groups -OCH3 is 1. The van der Waals surface area contributed by atoms with Gasteiger partial charge in [0.2, 0.25) is 0 Å². The Kier molecular flexibility index (Phi) is 9.47. The standard InChI is InChI=1S/C34H29BrN4O5/c1-22-8-9-23(2)39(22)28-10-12-29(13-11-28)42-21-30-14-15-31(44-30)34(40)38-37-19-26-16-27(35)17-32(41-3)33(26)43-20-25-7-5-4-6-24(25)18-36/h4-17,19H,20-21H2,1-3H3,(H,38,40). The number of nitrogens with zero attached hydrogens (tertiary/aromatic N) is 3. The highest BCUT2D eigenvalue weighted by atomic mass is 79.9. The number of halogens is 1. The molecule has 9 nitrogen and oxygen atoms in total. The zero-order chi connectivity index (χ0) is 31.1. The minimum Gasteiger partial charge on any atom is -0.493 e. The Morgan fingerprint density at radius 2 is 1.75 bits per heavy atom. The van der Waals surface area contributed by atoms with Gasteiger partial charge in [-0.15, -0.1) is 0 Å². The van der Waals surface area contributed by atoms with E-state index in [-0.39, 0.29) is 19.0 Å². The van der Waals surface area contributed by atoms with Crippen molar-refractivity contribution in [2.45, 2.75) is 27.1 Å². The number of carbonyl (C=O) groups excluding carboxylic acids is 1. The van der Waals surface area contributed by atoms with Gasteiger partial charge in [-0.3, -0.25) is 4.79 Å². The van der Waals surface area contributed by atoms with E-state index >= 15 is 0 Å². The molecular weight excluding hydrogens is 624 g/mol. The Morgan fingerprint density at radius 3 is 2.48 bits per heavy atom. The summed E-state index contributed by atoms with van der Waals surface area (Å²) in [6, 6.07) is 28.1. The fourth-order valence-corrected chi connectivity index (χ4v) is 5.07. The van der Waals surface area contributed by atoms with Crippen LogP contribution in [0.5, 0.6) is 17.2 Å². The molecular formula is C34H29BrN4O5. The lowest BCUT2D eigenvalue weighted by atomic mass is 10.1. The van der Waals surface area contributed by atoms with Crippen LogP contribution in [0, 0.1) is 25.2 Å². The fraction of sp³-hybridized carbons (Fsp3) is 0.147. The summed E-state index contributed by atoms with van der Waals surface area (Å²) in [4.78, 5) is 12.7. The Hall–Kier alpha value is -5.27. The van der Waals surface area contributed by atoms with Gasteiger partial charge in [-0.05, 0) is 80.6 Å². The number of nitrogens with one attached hydrogen (secondary N) is 1. The molecule has 5 aromatic rings. The predicted molar refractivity (Wildman–Crippen MR) is 170 cm³/mol. The van der Waals surface area contributed by atoms with Gasteiger partial charge in [-0.1, -0.05) is 34.1 Å². The number of hydrogen-bond donors (Lipinski definition) is 1. The maximum absolute atomic E-state index is 12.7. The van der Waals surface area contributed by atoms with E-state index in [4.69, 9.17) is 18.6 Å². The molecule has 10 heteroatoms. The summed E-state index contributed by atoms with van der Waals surface area (Å²) < 4.78 is 26.0. The average Bonchev–Trinajstić information content (AvgIpc) is 3.65. The molecule has 0 aliphatic carbocycles. The van der Waals surface area contributed by atoms with Crippen LogP contribution in [-0.2, 0) is 13.2 Å². The summed E-state index contributed by atoms with van der Waals surface area (Å²) in [5.41, 5.74) is 7.65. The number of nitriles is 1. The lowest BCUT2D eigenvalue weighted by molar-refractivity contribution is 0.0923. The Balaban J connectivity index is 1.20. The first-order chi connectivity index (χ1) is 21.4. The van der Waals surface area contributed by atoms with Crippen LogP contribution in [0.3, 0.4) is 0 Å². The van der Waals surface area contributed by atoms with Crippen molar-refractivity contribution in [1.82, 2.24) is 9.99 Å². The molecule has 2 aromatic heterocycles. The van der Waals surface area contributed by atoms with E-state index in [2.05, 4.69) is 63.1 Å². The monoisotopic (exact) mass is 652 g/mol. The predicted octanol–water partition coefficient (Wildman–Crippen LogP) is 7.25. The zero-order valence-electron chi connectivity index (χ0n) is 24.3. The highest BCUT2D eigenvalue weighted by molar-refractivity contribution is 9.10. The quantitative estimate of drug-likeness (QED) is 0.119. The second-order valence-corrected chi connectivity index (χ2v) is 10.7. The van der Waals surface area contributed by atoms with Crippen molar-refractivity contribution in [3.8, 4) is 29.0 Å². The number of aromatic nitrogens is 1. The molecule has 0 saturated carbocycles. The van der Waals surface area contributed by atoms with Crippen LogP contribution < -0.4 is 19.6 Å². The molecule has 44 heavy (non-hydrogen) atoms. The van der Waals surface area contributed by atoms with Crippen LogP contribution in [0.25, 0.3) is 5.69 Å². The van der Waals surface area contributed by atoms with Gasteiger partial charge in [0, 0.05) is 32.7 Å². The highest BCUT2D eigenvalue weighted by Crippen LogP contribution is 2.35. The fourth-order valence-electron chi connectivity index (χ4n) is 4.61. The maximum atomic E-state index is 12.7. The molecule has 0 saturated heterocycles. The van der Waals surface area contributed by atoms with Crippen molar-refractivity contribution >= 4 is 28.1 Å². The number of ether oxygens (including phenoxy) is 3. The van der Waals surface area contributed by atoms with Crippen LogP contribution in [0.1, 0.15) is 44.4 Å². The number of rotatable bonds is 11. The van der Waals surface area contributed by atoms with Crippen molar-refractivity contribution in [3.05, 3.63) is 129 Å². The molecule has 0 radical (unpaired) electrons. The van der Waals surface area contributed by atoms with E-state index in [9.17, 15) is 10.1 Å². The van der Waals surface area contributed by atoms with Crippen LogP contribution >= 0.6 is 15.9 Å².